The number of rotatable bonds is 35. The van der Waals surface area contributed by atoms with Gasteiger partial charge in [-0.2, -0.15) is 0 Å². The maximum Gasteiger partial charge on any atom is 0.0975 e. The van der Waals surface area contributed by atoms with Gasteiger partial charge in [0.25, 0.3) is 0 Å². The minimum Gasteiger partial charge on any atom is -0.374 e. The molecule has 0 amide bonds. The van der Waals surface area contributed by atoms with E-state index in [1.54, 1.807) is 0 Å². The van der Waals surface area contributed by atoms with Crippen molar-refractivity contribution >= 4 is 0 Å². The fourth-order valence-electron chi connectivity index (χ4n) is 6.57. The maximum absolute atomic E-state index is 6.37. The van der Waals surface area contributed by atoms with Crippen LogP contribution in [0.15, 0.2) is 24.3 Å². The van der Waals surface area contributed by atoms with Crippen LogP contribution in [0.25, 0.3) is 0 Å². The van der Waals surface area contributed by atoms with Gasteiger partial charge in [-0.25, -0.2) is 0 Å². The Morgan fingerprint density at radius 1 is 0.400 bits per heavy atom. The predicted molar refractivity (Wildman–Crippen MR) is 200 cm³/mol. The number of hydrogen-bond donors (Lipinski definition) is 0. The van der Waals surface area contributed by atoms with Gasteiger partial charge < -0.3 is 9.47 Å². The second kappa shape index (κ2) is 34.7. The van der Waals surface area contributed by atoms with E-state index >= 15 is 0 Å². The summed E-state index contributed by atoms with van der Waals surface area (Å²) in [4.78, 5) is 2.50. The number of nitrogens with zero attached hydrogens (tertiary/aromatic N) is 1. The van der Waals surface area contributed by atoms with Crippen molar-refractivity contribution in [3.63, 3.8) is 0 Å². The third kappa shape index (κ3) is 28.1. The van der Waals surface area contributed by atoms with Gasteiger partial charge >= 0.3 is 0 Å². The highest BCUT2D eigenvalue weighted by Crippen LogP contribution is 2.19. The molecule has 1 aliphatic rings. The van der Waals surface area contributed by atoms with Crippen LogP contribution in [0.3, 0.4) is 0 Å². The van der Waals surface area contributed by atoms with Gasteiger partial charge in [0.1, 0.15) is 0 Å². The molecule has 2 atom stereocenters. The lowest BCUT2D eigenvalue weighted by Crippen LogP contribution is -2.30. The van der Waals surface area contributed by atoms with Crippen LogP contribution < -0.4 is 0 Å². The molecule has 1 heterocycles. The molecule has 1 rings (SSSR count). The van der Waals surface area contributed by atoms with Crippen molar-refractivity contribution in [3.8, 4) is 0 Å². The van der Waals surface area contributed by atoms with Gasteiger partial charge in [0, 0.05) is 26.3 Å². The Morgan fingerprint density at radius 2 is 0.689 bits per heavy atom. The lowest BCUT2D eigenvalue weighted by Gasteiger charge is -2.20. The summed E-state index contributed by atoms with van der Waals surface area (Å²) in [5.41, 5.74) is 0. The molecule has 0 aliphatic carbocycles. The molecule has 266 valence electrons. The first kappa shape index (κ1) is 42.4. The van der Waals surface area contributed by atoms with Crippen molar-refractivity contribution < 1.29 is 9.47 Å². The average Bonchev–Trinajstić information content (AvgIpc) is 3.45. The van der Waals surface area contributed by atoms with Gasteiger partial charge in [0.15, 0.2) is 0 Å². The monoisotopic (exact) mass is 632 g/mol. The van der Waals surface area contributed by atoms with Gasteiger partial charge in [-0.3, -0.25) is 4.90 Å². The Balaban J connectivity index is 1.92. The van der Waals surface area contributed by atoms with Gasteiger partial charge in [-0.05, 0) is 70.8 Å². The van der Waals surface area contributed by atoms with E-state index < -0.39 is 0 Å². The highest BCUT2D eigenvalue weighted by molar-refractivity contribution is 4.86. The van der Waals surface area contributed by atoms with Crippen LogP contribution in [-0.2, 0) is 9.47 Å². The summed E-state index contributed by atoms with van der Waals surface area (Å²) in [5.74, 6) is 0. The first-order valence-corrected chi connectivity index (χ1v) is 20.6. The van der Waals surface area contributed by atoms with Crippen molar-refractivity contribution in [2.45, 2.75) is 213 Å². The zero-order valence-corrected chi connectivity index (χ0v) is 31.1. The lowest BCUT2D eigenvalue weighted by molar-refractivity contribution is -0.0481. The molecule has 0 saturated carbocycles. The summed E-state index contributed by atoms with van der Waals surface area (Å²) < 4.78 is 12.7. The minimum atomic E-state index is 0.266. The van der Waals surface area contributed by atoms with E-state index in [0.717, 1.165) is 32.8 Å². The third-order valence-electron chi connectivity index (χ3n) is 9.71. The number of hydrogen-bond acceptors (Lipinski definition) is 3. The summed E-state index contributed by atoms with van der Waals surface area (Å²) in [6.07, 6.45) is 48.1. The summed E-state index contributed by atoms with van der Waals surface area (Å²) in [7, 11) is 0. The third-order valence-corrected chi connectivity index (χ3v) is 9.71. The normalized spacial score (nSPS) is 17.5. The highest BCUT2D eigenvalue weighted by atomic mass is 16.5. The SMILES string of the molecule is CCCCCCCCC=CCCCCCCCCO[C@@H]1CN(CC)C[C@H]1OCCCCCCCCC=CCCCCCCCC. The summed E-state index contributed by atoms with van der Waals surface area (Å²) in [6.45, 7) is 11.8. The summed E-state index contributed by atoms with van der Waals surface area (Å²) in [6, 6.07) is 0. The van der Waals surface area contributed by atoms with Crippen molar-refractivity contribution in [1.82, 2.24) is 4.90 Å². The van der Waals surface area contributed by atoms with Crippen LogP contribution in [0.2, 0.25) is 0 Å². The Morgan fingerprint density at radius 3 is 1.00 bits per heavy atom. The topological polar surface area (TPSA) is 21.7 Å². The molecule has 45 heavy (non-hydrogen) atoms. The lowest BCUT2D eigenvalue weighted by atomic mass is 10.1. The van der Waals surface area contributed by atoms with Crippen molar-refractivity contribution in [1.29, 1.82) is 0 Å². The van der Waals surface area contributed by atoms with Crippen LogP contribution in [0.5, 0.6) is 0 Å². The molecule has 3 nitrogen and oxygen atoms in total. The van der Waals surface area contributed by atoms with Crippen molar-refractivity contribution in [3.05, 3.63) is 24.3 Å². The van der Waals surface area contributed by atoms with E-state index in [1.807, 2.05) is 0 Å². The number of unbranched alkanes of at least 4 members (excludes halogenated alkanes) is 24. The predicted octanol–water partition coefficient (Wildman–Crippen LogP) is 13.2. The second-order valence-corrected chi connectivity index (χ2v) is 14.0. The van der Waals surface area contributed by atoms with E-state index in [4.69, 9.17) is 9.47 Å². The number of allylic oxidation sites excluding steroid dienone is 4. The maximum atomic E-state index is 6.37. The number of likely N-dealkylation sites (tertiary alicyclic amines) is 1. The van der Waals surface area contributed by atoms with E-state index in [-0.39, 0.29) is 12.2 Å². The molecule has 1 aliphatic heterocycles. The Hall–Kier alpha value is -0.640. The molecule has 0 unspecified atom stereocenters. The van der Waals surface area contributed by atoms with Crippen LogP contribution >= 0.6 is 0 Å². The zero-order chi connectivity index (χ0) is 32.3. The Labute approximate surface area is 283 Å². The van der Waals surface area contributed by atoms with Gasteiger partial charge in [0.2, 0.25) is 0 Å². The van der Waals surface area contributed by atoms with E-state index in [1.165, 1.54) is 180 Å². The number of ether oxygens (including phenoxy) is 2. The first-order valence-electron chi connectivity index (χ1n) is 20.6. The molecule has 3 heteroatoms. The van der Waals surface area contributed by atoms with E-state index in [0.29, 0.717) is 0 Å². The summed E-state index contributed by atoms with van der Waals surface area (Å²) >= 11 is 0. The van der Waals surface area contributed by atoms with Gasteiger partial charge in [-0.15, -0.1) is 0 Å². The largest absolute Gasteiger partial charge is 0.374 e. The fourth-order valence-corrected chi connectivity index (χ4v) is 6.57. The quantitative estimate of drug-likeness (QED) is 0.0513. The number of likely N-dealkylation sites (N-methyl/N-ethyl adjacent to an activating group) is 1. The Bertz CT molecular complexity index is 580. The molecule has 0 aromatic heterocycles. The molecule has 1 saturated heterocycles. The van der Waals surface area contributed by atoms with Crippen molar-refractivity contribution in [2.75, 3.05) is 32.8 Å². The average molecular weight is 632 g/mol. The molecule has 0 aromatic carbocycles. The first-order chi connectivity index (χ1) is 22.3. The molecule has 0 aromatic rings. The molecule has 0 N–H and O–H groups in total. The Kier molecular flexibility index (Phi) is 32.7. The van der Waals surface area contributed by atoms with E-state index in [9.17, 15) is 0 Å². The molecule has 1 fully saturated rings. The van der Waals surface area contributed by atoms with Crippen LogP contribution in [-0.4, -0.2) is 50.0 Å². The zero-order valence-electron chi connectivity index (χ0n) is 31.1. The van der Waals surface area contributed by atoms with E-state index in [2.05, 4.69) is 50.0 Å². The highest BCUT2D eigenvalue weighted by Gasteiger charge is 2.33. The molecular formula is C42H81NO2. The van der Waals surface area contributed by atoms with Gasteiger partial charge in [0.05, 0.1) is 12.2 Å². The van der Waals surface area contributed by atoms with Crippen LogP contribution in [0.4, 0.5) is 0 Å². The standard InChI is InChI=1S/C42H81NO2/c1-4-7-9-11-13-15-17-19-21-23-25-27-29-31-33-35-37-44-41-39-43(6-3)40-42(41)45-38-36-34-32-30-28-26-24-22-20-18-16-14-12-10-8-5-2/h19-22,41-42H,4-18,23-40H2,1-3H3/t41-,42-/m1/s1. The second-order valence-electron chi connectivity index (χ2n) is 14.0. The van der Waals surface area contributed by atoms with Crippen LogP contribution in [0.1, 0.15) is 201 Å². The minimum absolute atomic E-state index is 0.266. The summed E-state index contributed by atoms with van der Waals surface area (Å²) in [5, 5.41) is 0. The van der Waals surface area contributed by atoms with Crippen LogP contribution in [0, 0.1) is 0 Å². The van der Waals surface area contributed by atoms with Gasteiger partial charge in [-0.1, -0.05) is 161 Å². The molecular weight excluding hydrogens is 550 g/mol. The molecule has 0 bridgehead atoms. The molecule has 0 spiro atoms. The van der Waals surface area contributed by atoms with Crippen molar-refractivity contribution in [2.24, 2.45) is 0 Å². The smallest absolute Gasteiger partial charge is 0.0975 e. The molecule has 0 radical (unpaired) electrons. The fraction of sp³-hybridized carbons (Fsp3) is 0.905.